The third-order valence-electron chi connectivity index (χ3n) is 3.64. The van der Waals surface area contributed by atoms with Crippen LogP contribution in [0.4, 0.5) is 21.6 Å². The summed E-state index contributed by atoms with van der Waals surface area (Å²) in [6.07, 6.45) is 0. The topological polar surface area (TPSA) is 55.9 Å². The van der Waals surface area contributed by atoms with Crippen molar-refractivity contribution in [2.75, 3.05) is 11.1 Å². The van der Waals surface area contributed by atoms with Crippen molar-refractivity contribution in [2.45, 2.75) is 6.92 Å². The van der Waals surface area contributed by atoms with E-state index in [1.807, 2.05) is 38.2 Å². The van der Waals surface area contributed by atoms with Crippen LogP contribution in [-0.2, 0) is 7.05 Å². The molecule has 1 heterocycles. The van der Waals surface area contributed by atoms with Crippen LogP contribution in [0.2, 0.25) is 5.02 Å². The summed E-state index contributed by atoms with van der Waals surface area (Å²) in [5.41, 5.74) is 9.72. The van der Waals surface area contributed by atoms with Gasteiger partial charge in [-0.3, -0.25) is 4.68 Å². The third-order valence-corrected chi connectivity index (χ3v) is 3.95. The molecular formula is C17H16ClFN4. The smallest absolute Gasteiger partial charge is 0.136 e. The van der Waals surface area contributed by atoms with Gasteiger partial charge in [0.2, 0.25) is 0 Å². The molecule has 0 amide bonds. The molecule has 0 bridgehead atoms. The van der Waals surface area contributed by atoms with Gasteiger partial charge in [-0.2, -0.15) is 5.10 Å². The molecule has 4 nitrogen and oxygen atoms in total. The highest BCUT2D eigenvalue weighted by Crippen LogP contribution is 2.38. The summed E-state index contributed by atoms with van der Waals surface area (Å²) in [6.45, 7) is 1.88. The first kappa shape index (κ1) is 15.4. The number of hydrogen-bond donors (Lipinski definition) is 2. The fourth-order valence-electron chi connectivity index (χ4n) is 2.55. The van der Waals surface area contributed by atoms with Crippen LogP contribution in [0.1, 0.15) is 5.69 Å². The Morgan fingerprint density at radius 3 is 2.65 bits per heavy atom. The lowest BCUT2D eigenvalue weighted by molar-refractivity contribution is 0.628. The minimum absolute atomic E-state index is 0.338. The van der Waals surface area contributed by atoms with Gasteiger partial charge in [0.1, 0.15) is 11.6 Å². The standard InChI is InChI=1S/C17H16ClFN4/c1-10-16(12-8-7-11(19)9-13(12)18)17(23(2)22-10)21-15-6-4-3-5-14(15)20/h3-9,21H,20H2,1-2H3. The highest BCUT2D eigenvalue weighted by molar-refractivity contribution is 6.33. The van der Waals surface area contributed by atoms with Crippen molar-refractivity contribution in [3.63, 3.8) is 0 Å². The lowest BCUT2D eigenvalue weighted by atomic mass is 10.1. The molecule has 0 spiro atoms. The van der Waals surface area contributed by atoms with Crippen molar-refractivity contribution in [1.29, 1.82) is 0 Å². The number of nitrogens with zero attached hydrogens (tertiary/aromatic N) is 2. The van der Waals surface area contributed by atoms with Crippen molar-refractivity contribution in [3.05, 3.63) is 59.0 Å². The van der Waals surface area contributed by atoms with Gasteiger partial charge in [-0.1, -0.05) is 23.7 Å². The Labute approximate surface area is 138 Å². The lowest BCUT2D eigenvalue weighted by Gasteiger charge is -2.13. The minimum Gasteiger partial charge on any atom is -0.397 e. The third kappa shape index (κ3) is 2.87. The second kappa shape index (κ2) is 5.93. The predicted molar refractivity (Wildman–Crippen MR) is 92.5 cm³/mol. The molecule has 0 aliphatic carbocycles. The van der Waals surface area contributed by atoms with Gasteiger partial charge in [0.25, 0.3) is 0 Å². The molecule has 1 aromatic heterocycles. The number of rotatable bonds is 3. The molecule has 0 fully saturated rings. The van der Waals surface area contributed by atoms with E-state index in [1.54, 1.807) is 10.7 Å². The Morgan fingerprint density at radius 2 is 1.96 bits per heavy atom. The number of benzene rings is 2. The van der Waals surface area contributed by atoms with Gasteiger partial charge in [0.15, 0.2) is 0 Å². The Kier molecular flexibility index (Phi) is 3.96. The second-order valence-electron chi connectivity index (χ2n) is 5.27. The van der Waals surface area contributed by atoms with E-state index in [0.717, 1.165) is 28.3 Å². The number of hydrogen-bond acceptors (Lipinski definition) is 3. The van der Waals surface area contributed by atoms with Crippen LogP contribution in [0.3, 0.4) is 0 Å². The largest absolute Gasteiger partial charge is 0.397 e. The molecule has 3 aromatic rings. The average Bonchev–Trinajstić information content (AvgIpc) is 2.76. The normalized spacial score (nSPS) is 10.8. The van der Waals surface area contributed by atoms with Gasteiger partial charge in [-0.25, -0.2) is 4.39 Å². The van der Waals surface area contributed by atoms with Crippen molar-refractivity contribution in [2.24, 2.45) is 7.05 Å². The van der Waals surface area contributed by atoms with Crippen LogP contribution >= 0.6 is 11.6 Å². The molecule has 0 aliphatic rings. The summed E-state index contributed by atoms with van der Waals surface area (Å²) in [4.78, 5) is 0. The predicted octanol–water partition coefficient (Wildman–Crippen LogP) is 4.51. The van der Waals surface area contributed by atoms with Crippen molar-refractivity contribution in [3.8, 4) is 11.1 Å². The fourth-order valence-corrected chi connectivity index (χ4v) is 2.82. The molecule has 6 heteroatoms. The van der Waals surface area contributed by atoms with E-state index < -0.39 is 0 Å². The van der Waals surface area contributed by atoms with Crippen LogP contribution in [0.5, 0.6) is 0 Å². The zero-order chi connectivity index (χ0) is 16.6. The zero-order valence-corrected chi connectivity index (χ0v) is 13.5. The molecule has 0 saturated carbocycles. The monoisotopic (exact) mass is 330 g/mol. The molecule has 2 aromatic carbocycles. The molecule has 0 unspecified atom stereocenters. The summed E-state index contributed by atoms with van der Waals surface area (Å²) < 4.78 is 15.1. The van der Waals surface area contributed by atoms with Crippen LogP contribution in [0.15, 0.2) is 42.5 Å². The molecular weight excluding hydrogens is 315 g/mol. The van der Waals surface area contributed by atoms with Gasteiger partial charge >= 0.3 is 0 Å². The highest BCUT2D eigenvalue weighted by atomic mass is 35.5. The van der Waals surface area contributed by atoms with E-state index in [-0.39, 0.29) is 5.82 Å². The van der Waals surface area contributed by atoms with E-state index in [2.05, 4.69) is 10.4 Å². The summed E-state index contributed by atoms with van der Waals surface area (Å²) in [5, 5.41) is 8.07. The maximum Gasteiger partial charge on any atom is 0.136 e. The molecule has 3 N–H and O–H groups in total. The first-order chi connectivity index (χ1) is 11.0. The van der Waals surface area contributed by atoms with Gasteiger partial charge < -0.3 is 11.1 Å². The zero-order valence-electron chi connectivity index (χ0n) is 12.8. The molecule has 23 heavy (non-hydrogen) atoms. The Bertz CT molecular complexity index is 873. The van der Waals surface area contributed by atoms with E-state index in [9.17, 15) is 4.39 Å². The van der Waals surface area contributed by atoms with Crippen molar-refractivity contribution < 1.29 is 4.39 Å². The summed E-state index contributed by atoms with van der Waals surface area (Å²) in [6, 6.07) is 11.8. The number of nitrogens with one attached hydrogen (secondary N) is 1. The SMILES string of the molecule is Cc1nn(C)c(Nc2ccccc2N)c1-c1ccc(F)cc1Cl. The van der Waals surface area contributed by atoms with Crippen LogP contribution in [-0.4, -0.2) is 9.78 Å². The number of nitrogen functional groups attached to an aromatic ring is 1. The fraction of sp³-hybridized carbons (Fsp3) is 0.118. The average molecular weight is 331 g/mol. The molecule has 118 valence electrons. The van der Waals surface area contributed by atoms with E-state index in [0.29, 0.717) is 10.7 Å². The molecule has 0 saturated heterocycles. The number of aromatic nitrogens is 2. The first-order valence-electron chi connectivity index (χ1n) is 7.08. The maximum absolute atomic E-state index is 13.3. The van der Waals surface area contributed by atoms with Gasteiger partial charge in [-0.15, -0.1) is 0 Å². The Morgan fingerprint density at radius 1 is 1.22 bits per heavy atom. The van der Waals surface area contributed by atoms with Crippen LogP contribution < -0.4 is 11.1 Å². The second-order valence-corrected chi connectivity index (χ2v) is 5.68. The van der Waals surface area contributed by atoms with E-state index >= 15 is 0 Å². The number of halogens is 2. The maximum atomic E-state index is 13.3. The molecule has 0 radical (unpaired) electrons. The van der Waals surface area contributed by atoms with Gasteiger partial charge in [0.05, 0.1) is 22.1 Å². The molecule has 0 aliphatic heterocycles. The van der Waals surface area contributed by atoms with E-state index in [4.69, 9.17) is 17.3 Å². The summed E-state index contributed by atoms with van der Waals surface area (Å²) in [7, 11) is 1.83. The Hall–Kier alpha value is -2.53. The molecule has 0 atom stereocenters. The van der Waals surface area contributed by atoms with E-state index in [1.165, 1.54) is 12.1 Å². The number of anilines is 3. The van der Waals surface area contributed by atoms with Gasteiger partial charge in [0, 0.05) is 18.2 Å². The summed E-state index contributed by atoms with van der Waals surface area (Å²) >= 11 is 6.22. The quantitative estimate of drug-likeness (QED) is 0.694. The number of para-hydroxylation sites is 2. The minimum atomic E-state index is -0.373. The van der Waals surface area contributed by atoms with Gasteiger partial charge in [-0.05, 0) is 37.3 Å². The van der Waals surface area contributed by atoms with Crippen LogP contribution in [0.25, 0.3) is 11.1 Å². The van der Waals surface area contributed by atoms with Crippen molar-refractivity contribution in [1.82, 2.24) is 9.78 Å². The van der Waals surface area contributed by atoms with Crippen LogP contribution in [0, 0.1) is 12.7 Å². The Balaban J connectivity index is 2.13. The summed E-state index contributed by atoms with van der Waals surface area (Å²) in [5.74, 6) is 0.371. The first-order valence-corrected chi connectivity index (χ1v) is 7.45. The van der Waals surface area contributed by atoms with Crippen molar-refractivity contribution >= 4 is 28.8 Å². The number of aryl methyl sites for hydroxylation is 2. The lowest BCUT2D eigenvalue weighted by Crippen LogP contribution is -2.02. The number of nitrogens with two attached hydrogens (primary N) is 1. The molecule has 3 rings (SSSR count). The highest BCUT2D eigenvalue weighted by Gasteiger charge is 2.18.